The molecule has 1 aliphatic heterocycles. The first-order valence-corrected chi connectivity index (χ1v) is 7.15. The topological polar surface area (TPSA) is 58.4 Å². The lowest BCUT2D eigenvalue weighted by Gasteiger charge is -2.31. The van der Waals surface area contributed by atoms with Crippen molar-refractivity contribution in [2.24, 2.45) is 5.73 Å². The fourth-order valence-electron chi connectivity index (χ4n) is 2.47. The van der Waals surface area contributed by atoms with Gasteiger partial charge in [-0.1, -0.05) is 29.8 Å². The van der Waals surface area contributed by atoms with E-state index in [0.717, 1.165) is 22.6 Å². The molecule has 0 saturated carbocycles. The molecular formula is C16H16ClN3O. The molecule has 4 nitrogen and oxygen atoms in total. The SMILES string of the molecule is CC(N)c1ccc(N2CC(=O)Nc3ccccc32)c(Cl)c1. The molecule has 3 N–H and O–H groups in total. The maximum atomic E-state index is 11.9. The van der Waals surface area contributed by atoms with Gasteiger partial charge >= 0.3 is 0 Å². The highest BCUT2D eigenvalue weighted by Gasteiger charge is 2.24. The summed E-state index contributed by atoms with van der Waals surface area (Å²) in [6, 6.07) is 13.3. The van der Waals surface area contributed by atoms with Gasteiger partial charge in [0.2, 0.25) is 5.91 Å². The van der Waals surface area contributed by atoms with E-state index in [1.54, 1.807) is 0 Å². The van der Waals surface area contributed by atoms with Crippen LogP contribution in [0.3, 0.4) is 0 Å². The average Bonchev–Trinajstić information content (AvgIpc) is 2.46. The number of fused-ring (bicyclic) bond motifs is 1. The van der Waals surface area contributed by atoms with Crippen LogP contribution in [0.2, 0.25) is 5.02 Å². The molecule has 0 bridgehead atoms. The van der Waals surface area contributed by atoms with Gasteiger partial charge in [0.05, 0.1) is 22.1 Å². The third kappa shape index (κ3) is 2.60. The van der Waals surface area contributed by atoms with Gasteiger partial charge in [0.25, 0.3) is 0 Å². The molecule has 0 aliphatic carbocycles. The first-order chi connectivity index (χ1) is 10.1. The average molecular weight is 302 g/mol. The van der Waals surface area contributed by atoms with Crippen molar-refractivity contribution in [3.05, 3.63) is 53.1 Å². The van der Waals surface area contributed by atoms with Crippen LogP contribution in [0.5, 0.6) is 0 Å². The Morgan fingerprint density at radius 3 is 2.71 bits per heavy atom. The van der Waals surface area contributed by atoms with Gasteiger partial charge in [-0.15, -0.1) is 0 Å². The van der Waals surface area contributed by atoms with Crippen molar-refractivity contribution >= 4 is 34.6 Å². The van der Waals surface area contributed by atoms with Crippen LogP contribution in [0.1, 0.15) is 18.5 Å². The molecule has 0 radical (unpaired) electrons. The molecule has 0 fully saturated rings. The fourth-order valence-corrected chi connectivity index (χ4v) is 2.76. The number of rotatable bonds is 2. The first-order valence-electron chi connectivity index (χ1n) is 6.77. The third-order valence-corrected chi connectivity index (χ3v) is 3.86. The van der Waals surface area contributed by atoms with Crippen molar-refractivity contribution in [1.82, 2.24) is 0 Å². The number of para-hydroxylation sites is 2. The van der Waals surface area contributed by atoms with Crippen molar-refractivity contribution in [3.8, 4) is 0 Å². The molecule has 0 saturated heterocycles. The predicted molar refractivity (Wildman–Crippen MR) is 86.1 cm³/mol. The molecule has 1 atom stereocenters. The highest BCUT2D eigenvalue weighted by molar-refractivity contribution is 6.33. The van der Waals surface area contributed by atoms with Gasteiger partial charge in [-0.05, 0) is 36.8 Å². The van der Waals surface area contributed by atoms with Crippen LogP contribution in [0.15, 0.2) is 42.5 Å². The number of hydrogen-bond acceptors (Lipinski definition) is 3. The standard InChI is InChI=1S/C16H16ClN3O/c1-10(18)11-6-7-14(12(17)8-11)20-9-16(21)19-13-4-2-3-5-15(13)20/h2-8,10H,9,18H2,1H3,(H,19,21). The summed E-state index contributed by atoms with van der Waals surface area (Å²) in [5, 5.41) is 3.46. The lowest BCUT2D eigenvalue weighted by atomic mass is 10.1. The molecule has 0 spiro atoms. The van der Waals surface area contributed by atoms with Crippen LogP contribution < -0.4 is 16.0 Å². The molecule has 5 heteroatoms. The Kier molecular flexibility index (Phi) is 3.57. The minimum Gasteiger partial charge on any atom is -0.329 e. The van der Waals surface area contributed by atoms with Gasteiger partial charge in [-0.25, -0.2) is 0 Å². The number of nitrogens with two attached hydrogens (primary N) is 1. The normalized spacial score (nSPS) is 15.4. The highest BCUT2D eigenvalue weighted by atomic mass is 35.5. The molecule has 2 aromatic carbocycles. The van der Waals surface area contributed by atoms with Crippen LogP contribution >= 0.6 is 11.6 Å². The highest BCUT2D eigenvalue weighted by Crippen LogP contribution is 2.38. The number of hydrogen-bond donors (Lipinski definition) is 2. The molecule has 108 valence electrons. The zero-order valence-electron chi connectivity index (χ0n) is 11.6. The summed E-state index contributed by atoms with van der Waals surface area (Å²) in [6.07, 6.45) is 0. The summed E-state index contributed by atoms with van der Waals surface area (Å²) in [4.78, 5) is 13.8. The first kappa shape index (κ1) is 13.9. The zero-order chi connectivity index (χ0) is 15.0. The van der Waals surface area contributed by atoms with Crippen LogP contribution in [0.4, 0.5) is 17.1 Å². The summed E-state index contributed by atoms with van der Waals surface area (Å²) >= 11 is 6.39. The smallest absolute Gasteiger partial charge is 0.244 e. The quantitative estimate of drug-likeness (QED) is 0.893. The van der Waals surface area contributed by atoms with Crippen molar-refractivity contribution in [1.29, 1.82) is 0 Å². The second kappa shape index (κ2) is 5.39. The number of nitrogens with zero attached hydrogens (tertiary/aromatic N) is 1. The van der Waals surface area contributed by atoms with Crippen molar-refractivity contribution in [2.75, 3.05) is 16.8 Å². The largest absolute Gasteiger partial charge is 0.329 e. The van der Waals surface area contributed by atoms with Crippen molar-refractivity contribution in [2.45, 2.75) is 13.0 Å². The number of carbonyl (C=O) groups is 1. The molecule has 1 amide bonds. The second-order valence-electron chi connectivity index (χ2n) is 5.15. The number of halogens is 1. The Labute approximate surface area is 128 Å². The maximum absolute atomic E-state index is 11.9. The third-order valence-electron chi connectivity index (χ3n) is 3.56. The predicted octanol–water partition coefficient (Wildman–Crippen LogP) is 3.45. The minimum atomic E-state index is -0.0755. The van der Waals surface area contributed by atoms with Gasteiger partial charge in [-0.2, -0.15) is 0 Å². The summed E-state index contributed by atoms with van der Waals surface area (Å²) in [5.74, 6) is -0.0546. The van der Waals surface area contributed by atoms with E-state index in [2.05, 4.69) is 5.32 Å². The number of benzene rings is 2. The Balaban J connectivity index is 2.07. The summed E-state index contributed by atoms with van der Waals surface area (Å²) in [6.45, 7) is 2.16. The van der Waals surface area contributed by atoms with Gasteiger partial charge in [0.15, 0.2) is 0 Å². The molecule has 1 heterocycles. The molecule has 2 aromatic rings. The van der Waals surface area contributed by atoms with Crippen LogP contribution in [0, 0.1) is 0 Å². The van der Waals surface area contributed by atoms with Crippen LogP contribution in [-0.2, 0) is 4.79 Å². The van der Waals surface area contributed by atoms with Crippen LogP contribution in [0.25, 0.3) is 0 Å². The monoisotopic (exact) mass is 301 g/mol. The Morgan fingerprint density at radius 2 is 2.00 bits per heavy atom. The van der Waals surface area contributed by atoms with E-state index >= 15 is 0 Å². The molecule has 21 heavy (non-hydrogen) atoms. The summed E-state index contributed by atoms with van der Waals surface area (Å²) in [5.41, 5.74) is 9.38. The molecule has 0 aromatic heterocycles. The lowest BCUT2D eigenvalue weighted by molar-refractivity contribution is -0.115. The lowest BCUT2D eigenvalue weighted by Crippen LogP contribution is -2.35. The molecule has 1 aliphatic rings. The number of amides is 1. The maximum Gasteiger partial charge on any atom is 0.244 e. The van der Waals surface area contributed by atoms with Crippen molar-refractivity contribution in [3.63, 3.8) is 0 Å². The van der Waals surface area contributed by atoms with E-state index in [1.807, 2.05) is 54.3 Å². The van der Waals surface area contributed by atoms with Gasteiger partial charge < -0.3 is 16.0 Å². The molecule has 3 rings (SSSR count). The zero-order valence-corrected chi connectivity index (χ0v) is 12.4. The Hall–Kier alpha value is -2.04. The Bertz CT molecular complexity index is 700. The minimum absolute atomic E-state index is 0.0546. The van der Waals surface area contributed by atoms with Crippen LogP contribution in [-0.4, -0.2) is 12.5 Å². The Morgan fingerprint density at radius 1 is 1.24 bits per heavy atom. The van der Waals surface area contributed by atoms with E-state index in [0.29, 0.717) is 5.02 Å². The van der Waals surface area contributed by atoms with E-state index in [9.17, 15) is 4.79 Å². The van der Waals surface area contributed by atoms with Gasteiger partial charge in [-0.3, -0.25) is 4.79 Å². The molecule has 1 unspecified atom stereocenters. The summed E-state index contributed by atoms with van der Waals surface area (Å²) in [7, 11) is 0. The number of anilines is 3. The van der Waals surface area contributed by atoms with Gasteiger partial charge in [0, 0.05) is 6.04 Å². The molecular weight excluding hydrogens is 286 g/mol. The number of nitrogens with one attached hydrogen (secondary N) is 1. The fraction of sp³-hybridized carbons (Fsp3) is 0.188. The summed E-state index contributed by atoms with van der Waals surface area (Å²) < 4.78 is 0. The second-order valence-corrected chi connectivity index (χ2v) is 5.56. The van der Waals surface area contributed by atoms with Crippen molar-refractivity contribution < 1.29 is 4.79 Å². The van der Waals surface area contributed by atoms with Gasteiger partial charge in [0.1, 0.15) is 6.54 Å². The van der Waals surface area contributed by atoms with E-state index in [1.165, 1.54) is 0 Å². The number of carbonyl (C=O) groups excluding carboxylic acids is 1. The van der Waals surface area contributed by atoms with E-state index in [4.69, 9.17) is 17.3 Å². The van der Waals surface area contributed by atoms with E-state index in [-0.39, 0.29) is 18.5 Å². The van der Waals surface area contributed by atoms with E-state index < -0.39 is 0 Å².